The van der Waals surface area contributed by atoms with E-state index < -0.39 is 13.1 Å². The van der Waals surface area contributed by atoms with E-state index in [1.54, 1.807) is 4.90 Å². The molecule has 1 saturated heterocycles. The Morgan fingerprint density at radius 1 is 0.897 bits per heavy atom. The average Bonchev–Trinajstić information content (AvgIpc) is 3.25. The van der Waals surface area contributed by atoms with Gasteiger partial charge in [0.05, 0.1) is 12.5 Å². The Morgan fingerprint density at radius 3 is 2.14 bits per heavy atom. The Balaban J connectivity index is 0.00000145. The monoisotopic (exact) mass is 409 g/mol. The van der Waals surface area contributed by atoms with Gasteiger partial charge in [0.25, 0.3) is 0 Å². The van der Waals surface area contributed by atoms with Crippen molar-refractivity contribution < 1.29 is 19.6 Å². The van der Waals surface area contributed by atoms with Crippen LogP contribution >= 0.6 is 0 Å². The van der Waals surface area contributed by atoms with Gasteiger partial charge in [0.15, 0.2) is 0 Å². The highest BCUT2D eigenvalue weighted by Gasteiger charge is 2.36. The van der Waals surface area contributed by atoms with Crippen molar-refractivity contribution in [2.75, 3.05) is 13.1 Å². The third-order valence-electron chi connectivity index (χ3n) is 6.56. The Morgan fingerprint density at radius 2 is 1.52 bits per heavy atom. The minimum Gasteiger partial charge on any atom is -0.426 e. The molecule has 2 saturated carbocycles. The lowest BCUT2D eigenvalue weighted by Gasteiger charge is -2.32. The SMILES string of the molecule is CC.O=C(NC1CCC(NCC(=O)N2CCCC2B(O)O)CC1)C1CCCCC1. The molecule has 0 aromatic rings. The first-order valence-corrected chi connectivity index (χ1v) is 11.7. The van der Waals surface area contributed by atoms with E-state index in [1.165, 1.54) is 19.3 Å². The number of likely N-dealkylation sites (tertiary alicyclic amines) is 1. The molecular formula is C21H40BN3O4. The highest BCUT2D eigenvalue weighted by atomic mass is 16.4. The fourth-order valence-corrected chi connectivity index (χ4v) is 4.87. The lowest BCUT2D eigenvalue weighted by molar-refractivity contribution is -0.130. The smallest absolute Gasteiger partial charge is 0.426 e. The van der Waals surface area contributed by atoms with Crippen LogP contribution in [0.2, 0.25) is 0 Å². The van der Waals surface area contributed by atoms with Gasteiger partial charge in [-0.3, -0.25) is 9.59 Å². The molecule has 0 aromatic carbocycles. The summed E-state index contributed by atoms with van der Waals surface area (Å²) in [5.41, 5.74) is 0. The van der Waals surface area contributed by atoms with Crippen molar-refractivity contribution >= 4 is 18.9 Å². The number of nitrogens with one attached hydrogen (secondary N) is 2. The van der Waals surface area contributed by atoms with E-state index in [9.17, 15) is 19.6 Å². The normalized spacial score (nSPS) is 27.7. The molecule has 0 radical (unpaired) electrons. The molecule has 7 nitrogen and oxygen atoms in total. The molecule has 1 atom stereocenters. The van der Waals surface area contributed by atoms with Crippen molar-refractivity contribution in [3.8, 4) is 0 Å². The van der Waals surface area contributed by atoms with E-state index in [0.717, 1.165) is 44.9 Å². The maximum atomic E-state index is 12.4. The third-order valence-corrected chi connectivity index (χ3v) is 6.56. The maximum absolute atomic E-state index is 12.4. The first-order chi connectivity index (χ1) is 14.0. The summed E-state index contributed by atoms with van der Waals surface area (Å²) in [5, 5.41) is 25.3. The van der Waals surface area contributed by atoms with Gasteiger partial charge in [-0.05, 0) is 51.4 Å². The number of hydrogen-bond acceptors (Lipinski definition) is 5. The summed E-state index contributed by atoms with van der Waals surface area (Å²) in [6.45, 7) is 4.84. The predicted octanol–water partition coefficient (Wildman–Crippen LogP) is 1.61. The first-order valence-electron chi connectivity index (χ1n) is 11.7. The molecule has 166 valence electrons. The Bertz CT molecular complexity index is 506. The van der Waals surface area contributed by atoms with Crippen LogP contribution in [0.3, 0.4) is 0 Å². The van der Waals surface area contributed by atoms with Crippen LogP contribution in [-0.2, 0) is 9.59 Å². The molecule has 3 rings (SSSR count). The quantitative estimate of drug-likeness (QED) is 0.500. The minimum absolute atomic E-state index is 0.0571. The number of hydrogen-bond donors (Lipinski definition) is 4. The first kappa shape index (κ1) is 24.2. The van der Waals surface area contributed by atoms with E-state index in [0.29, 0.717) is 13.0 Å². The van der Waals surface area contributed by atoms with Crippen LogP contribution in [0.1, 0.15) is 84.5 Å². The molecule has 4 N–H and O–H groups in total. The summed E-state index contributed by atoms with van der Waals surface area (Å²) in [5.74, 6) is -0.0743. The van der Waals surface area contributed by atoms with Crippen LogP contribution in [-0.4, -0.2) is 65.0 Å². The summed E-state index contributed by atoms with van der Waals surface area (Å²) < 4.78 is 0. The molecular weight excluding hydrogens is 369 g/mol. The van der Waals surface area contributed by atoms with Gasteiger partial charge in [-0.15, -0.1) is 0 Å². The zero-order valence-electron chi connectivity index (χ0n) is 18.2. The third kappa shape index (κ3) is 7.26. The molecule has 0 bridgehead atoms. The van der Waals surface area contributed by atoms with Crippen LogP contribution in [0.5, 0.6) is 0 Å². The van der Waals surface area contributed by atoms with Crippen molar-refractivity contribution in [1.29, 1.82) is 0 Å². The molecule has 0 aromatic heterocycles. The highest BCUT2D eigenvalue weighted by molar-refractivity contribution is 6.43. The van der Waals surface area contributed by atoms with Crippen LogP contribution in [0.4, 0.5) is 0 Å². The molecule has 3 aliphatic rings. The fraction of sp³-hybridized carbons (Fsp3) is 0.905. The van der Waals surface area contributed by atoms with Crippen molar-refractivity contribution in [2.45, 2.75) is 103 Å². The fourth-order valence-electron chi connectivity index (χ4n) is 4.87. The number of nitrogens with zero attached hydrogens (tertiary/aromatic N) is 1. The standard InChI is InChI=1S/C19H34BN3O4.C2H6/c24-18(23-12-4-7-17(23)20(26)27)13-21-15-8-10-16(11-9-15)22-19(25)14-5-2-1-3-6-14;1-2/h14-17,21,26-27H,1-13H2,(H,22,25);1-2H3. The highest BCUT2D eigenvalue weighted by Crippen LogP contribution is 2.25. The summed E-state index contributed by atoms with van der Waals surface area (Å²) in [7, 11) is -1.46. The van der Waals surface area contributed by atoms with Gasteiger partial charge in [0, 0.05) is 24.5 Å². The van der Waals surface area contributed by atoms with Gasteiger partial charge in [-0.1, -0.05) is 33.1 Å². The number of amides is 2. The molecule has 1 unspecified atom stereocenters. The zero-order chi connectivity index (χ0) is 21.2. The zero-order valence-corrected chi connectivity index (χ0v) is 18.2. The molecule has 3 fully saturated rings. The van der Waals surface area contributed by atoms with Gasteiger partial charge in [-0.25, -0.2) is 0 Å². The van der Waals surface area contributed by atoms with E-state index in [2.05, 4.69) is 10.6 Å². The van der Waals surface area contributed by atoms with Crippen molar-refractivity contribution in [1.82, 2.24) is 15.5 Å². The van der Waals surface area contributed by atoms with E-state index in [-0.39, 0.29) is 36.4 Å². The largest absolute Gasteiger partial charge is 0.475 e. The number of carbonyl (C=O) groups is 2. The molecule has 0 spiro atoms. The summed E-state index contributed by atoms with van der Waals surface area (Å²) in [6, 6.07) is 0.553. The number of rotatable bonds is 6. The Hall–Kier alpha value is -1.12. The lowest BCUT2D eigenvalue weighted by Crippen LogP contribution is -2.50. The Labute approximate surface area is 176 Å². The second-order valence-electron chi connectivity index (χ2n) is 8.48. The molecule has 8 heteroatoms. The topological polar surface area (TPSA) is 102 Å². The summed E-state index contributed by atoms with van der Waals surface area (Å²) >= 11 is 0. The average molecular weight is 409 g/mol. The lowest BCUT2D eigenvalue weighted by atomic mass is 9.78. The Kier molecular flexibility index (Phi) is 10.5. The maximum Gasteiger partial charge on any atom is 0.475 e. The van der Waals surface area contributed by atoms with Crippen LogP contribution in [0.15, 0.2) is 0 Å². The second-order valence-corrected chi connectivity index (χ2v) is 8.48. The van der Waals surface area contributed by atoms with Crippen molar-refractivity contribution in [2.24, 2.45) is 5.92 Å². The van der Waals surface area contributed by atoms with Crippen LogP contribution in [0.25, 0.3) is 0 Å². The van der Waals surface area contributed by atoms with Crippen molar-refractivity contribution in [3.05, 3.63) is 0 Å². The van der Waals surface area contributed by atoms with Gasteiger partial charge in [-0.2, -0.15) is 0 Å². The van der Waals surface area contributed by atoms with Crippen LogP contribution < -0.4 is 10.6 Å². The van der Waals surface area contributed by atoms with E-state index in [4.69, 9.17) is 0 Å². The molecule has 2 amide bonds. The van der Waals surface area contributed by atoms with Crippen LogP contribution in [0, 0.1) is 5.92 Å². The molecule has 1 heterocycles. The molecule has 29 heavy (non-hydrogen) atoms. The second kappa shape index (κ2) is 12.6. The molecule has 2 aliphatic carbocycles. The van der Waals surface area contributed by atoms with Crippen molar-refractivity contribution in [3.63, 3.8) is 0 Å². The predicted molar refractivity (Wildman–Crippen MR) is 115 cm³/mol. The summed E-state index contributed by atoms with van der Waals surface area (Å²) in [6.07, 6.45) is 10.9. The minimum atomic E-state index is -1.46. The van der Waals surface area contributed by atoms with Gasteiger partial charge < -0.3 is 25.6 Å². The van der Waals surface area contributed by atoms with Gasteiger partial charge >= 0.3 is 7.12 Å². The molecule has 1 aliphatic heterocycles. The van der Waals surface area contributed by atoms with E-state index >= 15 is 0 Å². The number of carbonyl (C=O) groups excluding carboxylic acids is 2. The summed E-state index contributed by atoms with van der Waals surface area (Å²) in [4.78, 5) is 26.3. The van der Waals surface area contributed by atoms with E-state index in [1.807, 2.05) is 13.8 Å². The van der Waals surface area contributed by atoms with Gasteiger partial charge in [0.2, 0.25) is 11.8 Å². The van der Waals surface area contributed by atoms with Gasteiger partial charge in [0.1, 0.15) is 0 Å².